The van der Waals surface area contributed by atoms with Gasteiger partial charge < -0.3 is 19.0 Å². The lowest BCUT2D eigenvalue weighted by Crippen LogP contribution is -2.25. The average Bonchev–Trinajstić information content (AvgIpc) is 4.08. The van der Waals surface area contributed by atoms with E-state index in [9.17, 15) is 0 Å². The molecule has 0 aliphatic carbocycles. The largest absolute Gasteiger partial charge is 0.457 e. The zero-order valence-electron chi connectivity index (χ0n) is 39.2. The average molecular weight is 905 g/mol. The molecule has 0 N–H and O–H groups in total. The predicted octanol–water partition coefficient (Wildman–Crippen LogP) is 17.4. The molecular formula is C64H48N4O2. The van der Waals surface area contributed by atoms with E-state index in [2.05, 4.69) is 241 Å². The number of rotatable bonds is 8. The Hall–Kier alpha value is -8.87. The second kappa shape index (κ2) is 16.4. The Morgan fingerprint density at radius 1 is 0.514 bits per heavy atom. The third-order valence-corrected chi connectivity index (χ3v) is 13.9. The SMILES string of the molecule is CC(C)(C)c1ccnc(-n2c3cc(Oc4cccc(N5CN(c6c(-c7ccccc7)cccc6-c6cccc(-c7ccccc7)c6)c6ccccc65)c4)ccc3c3oc4ccc5ccccc5c4c32)c1. The van der Waals surface area contributed by atoms with Crippen molar-refractivity contribution in [3.05, 3.63) is 230 Å². The third kappa shape index (κ3) is 6.99. The van der Waals surface area contributed by atoms with E-state index in [-0.39, 0.29) is 5.41 Å². The van der Waals surface area contributed by atoms with Crippen molar-refractivity contribution in [2.24, 2.45) is 0 Å². The van der Waals surface area contributed by atoms with Crippen LogP contribution in [-0.4, -0.2) is 16.2 Å². The number of para-hydroxylation sites is 3. The van der Waals surface area contributed by atoms with Crippen LogP contribution in [0.3, 0.4) is 0 Å². The number of hydrogen-bond donors (Lipinski definition) is 0. The normalized spacial score (nSPS) is 12.7. The molecule has 3 aromatic heterocycles. The van der Waals surface area contributed by atoms with Crippen LogP contribution < -0.4 is 14.5 Å². The quantitative estimate of drug-likeness (QED) is 0.152. The summed E-state index contributed by atoms with van der Waals surface area (Å²) in [4.78, 5) is 9.87. The van der Waals surface area contributed by atoms with Gasteiger partial charge in [-0.05, 0) is 105 Å². The maximum absolute atomic E-state index is 6.88. The molecule has 0 atom stereocenters. The lowest BCUT2D eigenvalue weighted by molar-refractivity contribution is 0.483. The molecule has 6 heteroatoms. The molecule has 0 unspecified atom stereocenters. The van der Waals surface area contributed by atoms with Gasteiger partial charge in [0.2, 0.25) is 0 Å². The van der Waals surface area contributed by atoms with Gasteiger partial charge in [0.15, 0.2) is 5.58 Å². The molecule has 0 fully saturated rings. The number of furan rings is 1. The first-order chi connectivity index (χ1) is 34.3. The molecule has 4 heterocycles. The molecule has 6 nitrogen and oxygen atoms in total. The summed E-state index contributed by atoms with van der Waals surface area (Å²) in [5.74, 6) is 2.29. The van der Waals surface area contributed by atoms with E-state index in [0.29, 0.717) is 6.67 Å². The number of benzene rings is 9. The Bertz CT molecular complexity index is 3960. The number of hydrogen-bond acceptors (Lipinski definition) is 5. The van der Waals surface area contributed by atoms with Crippen LogP contribution in [0.25, 0.3) is 82.9 Å². The number of anilines is 4. The Labute approximate surface area is 406 Å². The van der Waals surface area contributed by atoms with Gasteiger partial charge in [0.25, 0.3) is 0 Å². The molecule has 336 valence electrons. The molecular weight excluding hydrogens is 857 g/mol. The summed E-state index contributed by atoms with van der Waals surface area (Å²) in [5, 5.41) is 4.37. The van der Waals surface area contributed by atoms with E-state index < -0.39 is 0 Å². The molecule has 1 aliphatic heterocycles. The summed E-state index contributed by atoms with van der Waals surface area (Å²) >= 11 is 0. The van der Waals surface area contributed by atoms with Gasteiger partial charge in [-0.3, -0.25) is 4.57 Å². The van der Waals surface area contributed by atoms with E-state index in [1.54, 1.807) is 0 Å². The number of nitrogens with zero attached hydrogens (tertiary/aromatic N) is 4. The van der Waals surface area contributed by atoms with E-state index in [4.69, 9.17) is 14.1 Å². The van der Waals surface area contributed by atoms with Crippen molar-refractivity contribution in [3.8, 4) is 50.7 Å². The van der Waals surface area contributed by atoms with E-state index >= 15 is 0 Å². The number of pyridine rings is 1. The number of aromatic nitrogens is 2. The van der Waals surface area contributed by atoms with Gasteiger partial charge in [-0.1, -0.05) is 166 Å². The minimum absolute atomic E-state index is 0.0703. The molecule has 13 rings (SSSR count). The van der Waals surface area contributed by atoms with Crippen molar-refractivity contribution in [1.29, 1.82) is 0 Å². The number of ether oxygens (including phenoxy) is 1. The van der Waals surface area contributed by atoms with Crippen LogP contribution >= 0.6 is 0 Å². The molecule has 0 saturated heterocycles. The maximum atomic E-state index is 6.88. The Kier molecular flexibility index (Phi) is 9.70. The fraction of sp³-hybridized carbons (Fsp3) is 0.0781. The fourth-order valence-corrected chi connectivity index (χ4v) is 10.5. The Balaban J connectivity index is 0.905. The smallest absolute Gasteiger partial charge is 0.161 e. The summed E-state index contributed by atoms with van der Waals surface area (Å²) in [6, 6.07) is 77.5. The van der Waals surface area contributed by atoms with Gasteiger partial charge in [0.05, 0.1) is 28.0 Å². The van der Waals surface area contributed by atoms with Crippen LogP contribution in [0, 0.1) is 0 Å². The highest BCUT2D eigenvalue weighted by Gasteiger charge is 2.32. The molecule has 0 saturated carbocycles. The summed E-state index contributed by atoms with van der Waals surface area (Å²) in [6.45, 7) is 7.31. The van der Waals surface area contributed by atoms with Crippen LogP contribution in [0.15, 0.2) is 229 Å². The van der Waals surface area contributed by atoms with E-state index in [1.807, 2.05) is 18.3 Å². The molecule has 9 aromatic carbocycles. The van der Waals surface area contributed by atoms with Gasteiger partial charge in [-0.2, -0.15) is 0 Å². The first-order valence-electron chi connectivity index (χ1n) is 24.0. The Morgan fingerprint density at radius 3 is 2.00 bits per heavy atom. The molecule has 0 amide bonds. The zero-order valence-corrected chi connectivity index (χ0v) is 39.2. The van der Waals surface area contributed by atoms with Crippen LogP contribution in [0.5, 0.6) is 11.5 Å². The highest BCUT2D eigenvalue weighted by atomic mass is 16.5. The fourth-order valence-electron chi connectivity index (χ4n) is 10.5. The van der Waals surface area contributed by atoms with Crippen molar-refractivity contribution in [3.63, 3.8) is 0 Å². The molecule has 0 radical (unpaired) electrons. The highest BCUT2D eigenvalue weighted by Crippen LogP contribution is 2.51. The standard InChI is InChI=1S/C64H48N4O2/c1-64(2,3)47-35-36-65-59(38-47)68-57-40-50(32-33-54(57)63-62(68)60-51-26-11-10-21-44(51)31-34-58(60)70-63)69-49-25-15-24-48(39-49)66-41-67(56-30-13-12-29-55(56)66)61-52(43-19-8-5-9-20-43)27-16-28-53(61)46-23-14-22-45(37-46)42-17-6-4-7-18-42/h4-40H,41H2,1-3H3. The zero-order chi connectivity index (χ0) is 46.9. The molecule has 1 aliphatic rings. The molecule has 12 aromatic rings. The minimum atomic E-state index is -0.0703. The van der Waals surface area contributed by atoms with Crippen molar-refractivity contribution < 1.29 is 9.15 Å². The molecule has 70 heavy (non-hydrogen) atoms. The lowest BCUT2D eigenvalue weighted by Gasteiger charge is -2.27. The Morgan fingerprint density at radius 2 is 1.19 bits per heavy atom. The topological polar surface area (TPSA) is 46.7 Å². The summed E-state index contributed by atoms with van der Waals surface area (Å²) < 4.78 is 15.9. The lowest BCUT2D eigenvalue weighted by atomic mass is 9.88. The van der Waals surface area contributed by atoms with Crippen LogP contribution in [0.2, 0.25) is 0 Å². The molecule has 0 bridgehead atoms. The van der Waals surface area contributed by atoms with Crippen LogP contribution in [-0.2, 0) is 5.41 Å². The summed E-state index contributed by atoms with van der Waals surface area (Å²) in [7, 11) is 0. The van der Waals surface area contributed by atoms with Gasteiger partial charge >= 0.3 is 0 Å². The first kappa shape index (κ1) is 41.3. The molecule has 0 spiro atoms. The predicted molar refractivity (Wildman–Crippen MR) is 289 cm³/mol. The minimum Gasteiger partial charge on any atom is -0.457 e. The second-order valence-electron chi connectivity index (χ2n) is 19.2. The van der Waals surface area contributed by atoms with Gasteiger partial charge in [0, 0.05) is 40.5 Å². The number of fused-ring (bicyclic) bond motifs is 8. The summed E-state index contributed by atoms with van der Waals surface area (Å²) in [6.07, 6.45) is 1.92. The van der Waals surface area contributed by atoms with Crippen LogP contribution in [0.4, 0.5) is 22.7 Å². The van der Waals surface area contributed by atoms with Gasteiger partial charge in [0.1, 0.15) is 35.1 Å². The maximum Gasteiger partial charge on any atom is 0.161 e. The van der Waals surface area contributed by atoms with E-state index in [0.717, 1.165) is 89.4 Å². The van der Waals surface area contributed by atoms with Crippen molar-refractivity contribution >= 4 is 66.5 Å². The van der Waals surface area contributed by atoms with Crippen molar-refractivity contribution in [1.82, 2.24) is 9.55 Å². The third-order valence-electron chi connectivity index (χ3n) is 13.9. The second-order valence-corrected chi connectivity index (χ2v) is 19.2. The van der Waals surface area contributed by atoms with Crippen molar-refractivity contribution in [2.75, 3.05) is 16.5 Å². The van der Waals surface area contributed by atoms with Gasteiger partial charge in [-0.25, -0.2) is 4.98 Å². The monoisotopic (exact) mass is 904 g/mol. The van der Waals surface area contributed by atoms with Crippen LogP contribution in [0.1, 0.15) is 26.3 Å². The van der Waals surface area contributed by atoms with E-state index in [1.165, 1.54) is 33.4 Å². The first-order valence-corrected chi connectivity index (χ1v) is 24.0. The highest BCUT2D eigenvalue weighted by molar-refractivity contribution is 6.24. The van der Waals surface area contributed by atoms with Gasteiger partial charge in [-0.15, -0.1) is 0 Å². The summed E-state index contributed by atoms with van der Waals surface area (Å²) in [5.41, 5.74) is 16.3. The van der Waals surface area contributed by atoms with Crippen molar-refractivity contribution in [2.45, 2.75) is 26.2 Å².